The van der Waals surface area contributed by atoms with Gasteiger partial charge in [-0.25, -0.2) is 4.98 Å². The van der Waals surface area contributed by atoms with Crippen LogP contribution in [0.15, 0.2) is 30.5 Å². The van der Waals surface area contributed by atoms with Crippen molar-refractivity contribution in [2.45, 2.75) is 32.4 Å². The number of benzene rings is 1. The minimum absolute atomic E-state index is 0.0196. The number of halogens is 4. The van der Waals surface area contributed by atoms with Gasteiger partial charge in [0.1, 0.15) is 5.82 Å². The van der Waals surface area contributed by atoms with E-state index < -0.39 is 11.7 Å². The molecule has 3 heterocycles. The second kappa shape index (κ2) is 10.4. The molecule has 10 heteroatoms. The summed E-state index contributed by atoms with van der Waals surface area (Å²) in [6, 6.07) is 7.05. The maximum atomic E-state index is 12.9. The maximum Gasteiger partial charge on any atom is 0.417 e. The van der Waals surface area contributed by atoms with Crippen LogP contribution in [-0.4, -0.2) is 61.6 Å². The van der Waals surface area contributed by atoms with Crippen molar-refractivity contribution in [3.63, 3.8) is 0 Å². The molecule has 0 bridgehead atoms. The van der Waals surface area contributed by atoms with Crippen LogP contribution in [0.25, 0.3) is 0 Å². The number of amides is 1. The Morgan fingerprint density at radius 3 is 2.44 bits per heavy atom. The number of pyridine rings is 1. The SMILES string of the molecule is Cc1cc(N2CCCC2)ccc1NC(=O)CN1CCCN(c2ncc(C(F)(F)F)cc2Cl)CC1. The van der Waals surface area contributed by atoms with Crippen molar-refractivity contribution in [3.05, 3.63) is 46.6 Å². The number of hydrogen-bond donors (Lipinski definition) is 1. The molecule has 1 amide bonds. The number of anilines is 3. The van der Waals surface area contributed by atoms with Crippen LogP contribution in [0.3, 0.4) is 0 Å². The first-order valence-electron chi connectivity index (χ1n) is 11.6. The maximum absolute atomic E-state index is 12.9. The number of nitrogens with zero attached hydrogens (tertiary/aromatic N) is 4. The molecule has 2 aliphatic rings. The first-order chi connectivity index (χ1) is 16.2. The lowest BCUT2D eigenvalue weighted by Gasteiger charge is -2.24. The van der Waals surface area contributed by atoms with Gasteiger partial charge in [0, 0.05) is 56.8 Å². The van der Waals surface area contributed by atoms with Crippen LogP contribution in [-0.2, 0) is 11.0 Å². The van der Waals surface area contributed by atoms with Gasteiger partial charge in [-0.2, -0.15) is 13.2 Å². The Morgan fingerprint density at radius 1 is 1.03 bits per heavy atom. The monoisotopic (exact) mass is 495 g/mol. The first-order valence-corrected chi connectivity index (χ1v) is 11.9. The highest BCUT2D eigenvalue weighted by Gasteiger charge is 2.32. The summed E-state index contributed by atoms with van der Waals surface area (Å²) < 4.78 is 38.7. The number of aromatic nitrogens is 1. The predicted octanol–water partition coefficient (Wildman–Crippen LogP) is 4.81. The molecule has 2 saturated heterocycles. The molecule has 4 rings (SSSR count). The van der Waals surface area contributed by atoms with Gasteiger partial charge >= 0.3 is 6.18 Å². The minimum atomic E-state index is -4.48. The van der Waals surface area contributed by atoms with Gasteiger partial charge in [-0.15, -0.1) is 0 Å². The third-order valence-electron chi connectivity index (χ3n) is 6.36. The van der Waals surface area contributed by atoms with Gasteiger partial charge in [-0.3, -0.25) is 9.69 Å². The number of aryl methyl sites for hydroxylation is 1. The number of carbonyl (C=O) groups is 1. The van der Waals surface area contributed by atoms with Gasteiger partial charge < -0.3 is 15.1 Å². The number of rotatable bonds is 5. The molecule has 184 valence electrons. The van der Waals surface area contributed by atoms with E-state index in [9.17, 15) is 18.0 Å². The molecule has 6 nitrogen and oxygen atoms in total. The van der Waals surface area contributed by atoms with E-state index in [1.165, 1.54) is 18.5 Å². The van der Waals surface area contributed by atoms with Crippen LogP contribution >= 0.6 is 11.6 Å². The molecular formula is C24H29ClF3N5O. The summed E-state index contributed by atoms with van der Waals surface area (Å²) in [5, 5.41) is 3.00. The third-order valence-corrected chi connectivity index (χ3v) is 6.64. The lowest BCUT2D eigenvalue weighted by atomic mass is 10.1. The Hall–Kier alpha value is -2.52. The van der Waals surface area contributed by atoms with Crippen LogP contribution < -0.4 is 15.1 Å². The number of carbonyl (C=O) groups excluding carboxylic acids is 1. The molecule has 0 saturated carbocycles. The lowest BCUT2D eigenvalue weighted by molar-refractivity contribution is -0.137. The summed E-state index contributed by atoms with van der Waals surface area (Å²) in [5.41, 5.74) is 2.17. The molecule has 2 aliphatic heterocycles. The Bertz CT molecular complexity index is 1030. The second-order valence-electron chi connectivity index (χ2n) is 8.89. The van der Waals surface area contributed by atoms with Crippen molar-refractivity contribution >= 4 is 34.7 Å². The third kappa shape index (κ3) is 5.93. The molecule has 0 unspecified atom stereocenters. The second-order valence-corrected chi connectivity index (χ2v) is 9.29. The molecule has 0 atom stereocenters. The summed E-state index contributed by atoms with van der Waals surface area (Å²) in [7, 11) is 0. The van der Waals surface area contributed by atoms with Gasteiger partial charge in [0.25, 0.3) is 0 Å². The molecule has 1 N–H and O–H groups in total. The Kier molecular flexibility index (Phi) is 7.52. The molecule has 34 heavy (non-hydrogen) atoms. The quantitative estimate of drug-likeness (QED) is 0.645. The van der Waals surface area contributed by atoms with Crippen molar-refractivity contribution in [2.75, 3.05) is 60.9 Å². The molecule has 0 radical (unpaired) electrons. The zero-order valence-corrected chi connectivity index (χ0v) is 19.9. The van der Waals surface area contributed by atoms with Gasteiger partial charge in [0.2, 0.25) is 5.91 Å². The normalized spacial score (nSPS) is 17.7. The highest BCUT2D eigenvalue weighted by molar-refractivity contribution is 6.33. The van der Waals surface area contributed by atoms with Crippen LogP contribution in [0.2, 0.25) is 5.02 Å². The molecule has 2 aromatic rings. The Morgan fingerprint density at radius 2 is 1.76 bits per heavy atom. The fourth-order valence-electron chi connectivity index (χ4n) is 4.51. The van der Waals surface area contributed by atoms with Crippen LogP contribution in [0.4, 0.5) is 30.4 Å². The van der Waals surface area contributed by atoms with E-state index in [-0.39, 0.29) is 17.5 Å². The molecule has 1 aromatic heterocycles. The highest BCUT2D eigenvalue weighted by atomic mass is 35.5. The van der Waals surface area contributed by atoms with Gasteiger partial charge in [0.15, 0.2) is 0 Å². The Balaban J connectivity index is 1.32. The van der Waals surface area contributed by atoms with Crippen molar-refractivity contribution < 1.29 is 18.0 Å². The highest BCUT2D eigenvalue weighted by Crippen LogP contribution is 2.33. The van der Waals surface area contributed by atoms with E-state index in [0.29, 0.717) is 32.0 Å². The fraction of sp³-hybridized carbons (Fsp3) is 0.500. The topological polar surface area (TPSA) is 51.7 Å². The van der Waals surface area contributed by atoms with E-state index in [2.05, 4.69) is 27.3 Å². The van der Waals surface area contributed by atoms with E-state index in [1.807, 2.05) is 22.8 Å². The minimum Gasteiger partial charge on any atom is -0.372 e. The van der Waals surface area contributed by atoms with E-state index in [0.717, 1.165) is 43.0 Å². The van der Waals surface area contributed by atoms with Crippen LogP contribution in [0.5, 0.6) is 0 Å². The van der Waals surface area contributed by atoms with Crippen molar-refractivity contribution in [2.24, 2.45) is 0 Å². The summed E-state index contributed by atoms with van der Waals surface area (Å²) in [6.07, 6.45) is -0.493. The average Bonchev–Trinajstić information content (AvgIpc) is 3.22. The van der Waals surface area contributed by atoms with Crippen LogP contribution in [0, 0.1) is 6.92 Å². The van der Waals surface area contributed by atoms with Gasteiger partial charge in [-0.1, -0.05) is 11.6 Å². The summed E-state index contributed by atoms with van der Waals surface area (Å²) in [6.45, 7) is 6.81. The van der Waals surface area contributed by atoms with Gasteiger partial charge in [-0.05, 0) is 56.0 Å². The van der Waals surface area contributed by atoms with Crippen molar-refractivity contribution in [1.82, 2.24) is 9.88 Å². The van der Waals surface area contributed by atoms with Crippen molar-refractivity contribution in [3.8, 4) is 0 Å². The number of alkyl halides is 3. The molecule has 1 aromatic carbocycles. The average molecular weight is 496 g/mol. The summed E-state index contributed by atoms with van der Waals surface area (Å²) in [5.74, 6) is 0.255. The first kappa shape index (κ1) is 24.6. The lowest BCUT2D eigenvalue weighted by Crippen LogP contribution is -2.36. The van der Waals surface area contributed by atoms with Gasteiger partial charge in [0.05, 0.1) is 17.1 Å². The standard InChI is InChI=1S/C24H29ClF3N5O/c1-17-13-19(32-8-2-3-9-32)5-6-21(17)30-22(34)16-31-7-4-10-33(12-11-31)23-20(25)14-18(15-29-23)24(26,27)28/h5-6,13-15H,2-4,7-12,16H2,1H3,(H,30,34). The van der Waals surface area contributed by atoms with E-state index in [1.54, 1.807) is 0 Å². The van der Waals surface area contributed by atoms with E-state index >= 15 is 0 Å². The number of nitrogens with one attached hydrogen (secondary N) is 1. The molecular weight excluding hydrogens is 467 g/mol. The summed E-state index contributed by atoms with van der Waals surface area (Å²) >= 11 is 6.12. The predicted molar refractivity (Wildman–Crippen MR) is 129 cm³/mol. The van der Waals surface area contributed by atoms with E-state index in [4.69, 9.17) is 11.6 Å². The van der Waals surface area contributed by atoms with Crippen molar-refractivity contribution in [1.29, 1.82) is 0 Å². The number of hydrogen-bond acceptors (Lipinski definition) is 5. The molecule has 2 fully saturated rings. The zero-order valence-electron chi connectivity index (χ0n) is 19.2. The molecule has 0 aliphatic carbocycles. The molecule has 0 spiro atoms. The fourth-order valence-corrected chi connectivity index (χ4v) is 4.80. The zero-order chi connectivity index (χ0) is 24.3. The summed E-state index contributed by atoms with van der Waals surface area (Å²) in [4.78, 5) is 23.0. The Labute approximate surface area is 202 Å². The largest absolute Gasteiger partial charge is 0.417 e. The smallest absolute Gasteiger partial charge is 0.372 e. The van der Waals surface area contributed by atoms with Crippen LogP contribution in [0.1, 0.15) is 30.4 Å².